The Morgan fingerprint density at radius 2 is 2.22 bits per heavy atom. The largest absolute Gasteiger partial charge is 0.489 e. The molecule has 0 spiro atoms. The Labute approximate surface area is 107 Å². The number of halogens is 1. The lowest BCUT2D eigenvalue weighted by Crippen LogP contribution is -2.41. The molecule has 5 heteroatoms. The van der Waals surface area contributed by atoms with Crippen LogP contribution in [0, 0.1) is 5.82 Å². The molecule has 100 valence electrons. The SMILES string of the molecule is CN=C(NCC(C)Oc1cccc(F)c1)N(C)C. The molecule has 1 atom stereocenters. The summed E-state index contributed by atoms with van der Waals surface area (Å²) < 4.78 is 18.6. The minimum Gasteiger partial charge on any atom is -0.489 e. The summed E-state index contributed by atoms with van der Waals surface area (Å²) in [5, 5.41) is 3.16. The van der Waals surface area contributed by atoms with Crippen molar-refractivity contribution in [3.8, 4) is 5.75 Å². The Kier molecular flexibility index (Phi) is 5.42. The van der Waals surface area contributed by atoms with Crippen molar-refractivity contribution in [3.63, 3.8) is 0 Å². The highest BCUT2D eigenvalue weighted by atomic mass is 19.1. The van der Waals surface area contributed by atoms with Crippen LogP contribution in [0.4, 0.5) is 4.39 Å². The van der Waals surface area contributed by atoms with Gasteiger partial charge in [0.2, 0.25) is 0 Å². The molecule has 4 nitrogen and oxygen atoms in total. The van der Waals surface area contributed by atoms with Crippen molar-refractivity contribution in [2.45, 2.75) is 13.0 Å². The Morgan fingerprint density at radius 3 is 2.78 bits per heavy atom. The van der Waals surface area contributed by atoms with Crippen molar-refractivity contribution in [1.82, 2.24) is 10.2 Å². The summed E-state index contributed by atoms with van der Waals surface area (Å²) in [6, 6.07) is 6.13. The van der Waals surface area contributed by atoms with Gasteiger partial charge in [-0.25, -0.2) is 4.39 Å². The minimum absolute atomic E-state index is 0.0801. The first-order valence-electron chi connectivity index (χ1n) is 5.83. The van der Waals surface area contributed by atoms with Crippen LogP contribution in [0.15, 0.2) is 29.3 Å². The monoisotopic (exact) mass is 253 g/mol. The average molecular weight is 253 g/mol. The van der Waals surface area contributed by atoms with Gasteiger partial charge in [0, 0.05) is 27.2 Å². The van der Waals surface area contributed by atoms with E-state index in [9.17, 15) is 4.39 Å². The van der Waals surface area contributed by atoms with Crippen molar-refractivity contribution in [3.05, 3.63) is 30.1 Å². The molecular formula is C13H20FN3O. The summed E-state index contributed by atoms with van der Waals surface area (Å²) >= 11 is 0. The van der Waals surface area contributed by atoms with Crippen LogP contribution < -0.4 is 10.1 Å². The topological polar surface area (TPSA) is 36.9 Å². The van der Waals surface area contributed by atoms with Crippen molar-refractivity contribution in [1.29, 1.82) is 0 Å². The summed E-state index contributed by atoms with van der Waals surface area (Å²) in [4.78, 5) is 5.98. The highest BCUT2D eigenvalue weighted by Gasteiger charge is 2.07. The van der Waals surface area contributed by atoms with Gasteiger partial charge in [0.25, 0.3) is 0 Å². The second-order valence-electron chi connectivity index (χ2n) is 4.21. The molecule has 0 aliphatic rings. The van der Waals surface area contributed by atoms with E-state index in [4.69, 9.17) is 4.74 Å². The van der Waals surface area contributed by atoms with Gasteiger partial charge in [0.1, 0.15) is 17.7 Å². The number of hydrogen-bond donors (Lipinski definition) is 1. The molecule has 0 amide bonds. The normalized spacial score (nSPS) is 13.1. The third-order valence-electron chi connectivity index (χ3n) is 2.32. The lowest BCUT2D eigenvalue weighted by atomic mass is 10.3. The molecule has 0 bridgehead atoms. The molecule has 0 aliphatic heterocycles. The van der Waals surface area contributed by atoms with E-state index in [2.05, 4.69) is 10.3 Å². The standard InChI is InChI=1S/C13H20FN3O/c1-10(9-16-13(15-2)17(3)4)18-12-7-5-6-11(14)8-12/h5-8,10H,9H2,1-4H3,(H,15,16). The van der Waals surface area contributed by atoms with E-state index in [1.54, 1.807) is 19.2 Å². The molecule has 1 unspecified atom stereocenters. The predicted molar refractivity (Wildman–Crippen MR) is 71.5 cm³/mol. The fourth-order valence-electron chi connectivity index (χ4n) is 1.49. The molecule has 18 heavy (non-hydrogen) atoms. The molecule has 0 radical (unpaired) electrons. The minimum atomic E-state index is -0.295. The zero-order valence-electron chi connectivity index (χ0n) is 11.3. The smallest absolute Gasteiger partial charge is 0.193 e. The van der Waals surface area contributed by atoms with Gasteiger partial charge >= 0.3 is 0 Å². The molecule has 0 saturated heterocycles. The molecule has 0 fully saturated rings. The number of nitrogens with one attached hydrogen (secondary N) is 1. The number of guanidine groups is 1. The van der Waals surface area contributed by atoms with E-state index in [0.29, 0.717) is 12.3 Å². The zero-order valence-corrected chi connectivity index (χ0v) is 11.3. The maximum Gasteiger partial charge on any atom is 0.193 e. The fourth-order valence-corrected chi connectivity index (χ4v) is 1.49. The molecule has 0 saturated carbocycles. The van der Waals surface area contributed by atoms with Crippen LogP contribution in [-0.2, 0) is 0 Å². The second-order valence-corrected chi connectivity index (χ2v) is 4.21. The summed E-state index contributed by atoms with van der Waals surface area (Å²) in [6.45, 7) is 2.52. The number of rotatable bonds is 4. The van der Waals surface area contributed by atoms with Crippen molar-refractivity contribution in [2.24, 2.45) is 4.99 Å². The van der Waals surface area contributed by atoms with E-state index in [0.717, 1.165) is 5.96 Å². The molecule has 0 heterocycles. The maximum atomic E-state index is 13.0. The number of ether oxygens (including phenoxy) is 1. The van der Waals surface area contributed by atoms with E-state index >= 15 is 0 Å². The average Bonchev–Trinajstić information content (AvgIpc) is 2.29. The van der Waals surface area contributed by atoms with E-state index in [1.807, 2.05) is 25.9 Å². The Morgan fingerprint density at radius 1 is 1.50 bits per heavy atom. The Hall–Kier alpha value is -1.78. The first-order chi connectivity index (χ1) is 8.52. The van der Waals surface area contributed by atoms with Crippen LogP contribution in [0.25, 0.3) is 0 Å². The van der Waals surface area contributed by atoms with Crippen LogP contribution >= 0.6 is 0 Å². The van der Waals surface area contributed by atoms with Gasteiger partial charge in [-0.3, -0.25) is 4.99 Å². The van der Waals surface area contributed by atoms with E-state index < -0.39 is 0 Å². The van der Waals surface area contributed by atoms with Gasteiger partial charge < -0.3 is 15.0 Å². The zero-order chi connectivity index (χ0) is 13.5. The van der Waals surface area contributed by atoms with Gasteiger partial charge in [0.15, 0.2) is 5.96 Å². The van der Waals surface area contributed by atoms with Crippen LogP contribution in [-0.4, -0.2) is 44.7 Å². The van der Waals surface area contributed by atoms with Crippen LogP contribution in [0.1, 0.15) is 6.92 Å². The molecule has 0 aromatic heterocycles. The fraction of sp³-hybridized carbons (Fsp3) is 0.462. The van der Waals surface area contributed by atoms with Crippen molar-refractivity contribution >= 4 is 5.96 Å². The van der Waals surface area contributed by atoms with Crippen LogP contribution in [0.5, 0.6) is 5.75 Å². The maximum absolute atomic E-state index is 13.0. The first-order valence-corrected chi connectivity index (χ1v) is 5.83. The van der Waals surface area contributed by atoms with E-state index in [-0.39, 0.29) is 11.9 Å². The number of nitrogens with zero attached hydrogens (tertiary/aromatic N) is 2. The molecule has 1 aromatic carbocycles. The third kappa shape index (κ3) is 4.61. The van der Waals surface area contributed by atoms with Gasteiger partial charge in [-0.2, -0.15) is 0 Å². The summed E-state index contributed by atoms with van der Waals surface area (Å²) in [5.41, 5.74) is 0. The second kappa shape index (κ2) is 6.83. The first kappa shape index (κ1) is 14.3. The number of benzene rings is 1. The molecule has 1 aromatic rings. The molecular weight excluding hydrogens is 233 g/mol. The summed E-state index contributed by atoms with van der Waals surface area (Å²) in [7, 11) is 5.54. The van der Waals surface area contributed by atoms with Gasteiger partial charge in [-0.05, 0) is 19.1 Å². The number of aliphatic imine (C=N–C) groups is 1. The Balaban J connectivity index is 2.45. The highest BCUT2D eigenvalue weighted by molar-refractivity contribution is 5.79. The Bertz CT molecular complexity index is 407. The highest BCUT2D eigenvalue weighted by Crippen LogP contribution is 2.13. The van der Waals surface area contributed by atoms with Gasteiger partial charge in [-0.15, -0.1) is 0 Å². The van der Waals surface area contributed by atoms with Crippen LogP contribution in [0.2, 0.25) is 0 Å². The lowest BCUT2D eigenvalue weighted by Gasteiger charge is -2.20. The van der Waals surface area contributed by atoms with Gasteiger partial charge in [0.05, 0.1) is 6.54 Å². The lowest BCUT2D eigenvalue weighted by molar-refractivity contribution is 0.222. The summed E-state index contributed by atoms with van der Waals surface area (Å²) in [6.07, 6.45) is -0.0801. The number of hydrogen-bond acceptors (Lipinski definition) is 2. The third-order valence-corrected chi connectivity index (χ3v) is 2.32. The molecule has 1 rings (SSSR count). The van der Waals surface area contributed by atoms with E-state index in [1.165, 1.54) is 12.1 Å². The van der Waals surface area contributed by atoms with Crippen molar-refractivity contribution < 1.29 is 9.13 Å². The van der Waals surface area contributed by atoms with Crippen molar-refractivity contribution in [2.75, 3.05) is 27.7 Å². The predicted octanol–water partition coefficient (Wildman–Crippen LogP) is 1.73. The quantitative estimate of drug-likeness (QED) is 0.656. The molecule has 1 N–H and O–H groups in total. The van der Waals surface area contributed by atoms with Crippen LogP contribution in [0.3, 0.4) is 0 Å². The molecule has 0 aliphatic carbocycles. The van der Waals surface area contributed by atoms with Gasteiger partial charge in [-0.1, -0.05) is 6.07 Å². The summed E-state index contributed by atoms with van der Waals surface area (Å²) in [5.74, 6) is 1.02.